The number of rotatable bonds is 10. The summed E-state index contributed by atoms with van der Waals surface area (Å²) >= 11 is 0. The lowest BCUT2D eigenvalue weighted by Crippen LogP contribution is -2.41. The van der Waals surface area contributed by atoms with Crippen LogP contribution in [0.1, 0.15) is 44.6 Å². The molecule has 0 aliphatic heterocycles. The van der Waals surface area contributed by atoms with Gasteiger partial charge in [0.25, 0.3) is 0 Å². The Morgan fingerprint density at radius 3 is 2.68 bits per heavy atom. The van der Waals surface area contributed by atoms with E-state index in [0.717, 1.165) is 37.6 Å². The fourth-order valence-electron chi connectivity index (χ4n) is 3.11. The molecular formula is C20H34IN5O2. The largest absolute Gasteiger partial charge is 0.385 e. The van der Waals surface area contributed by atoms with Gasteiger partial charge in [0.1, 0.15) is 5.82 Å². The number of aliphatic imine (C=N–C) groups is 1. The van der Waals surface area contributed by atoms with Crippen molar-refractivity contribution in [1.82, 2.24) is 15.6 Å². The maximum atomic E-state index is 12.1. The van der Waals surface area contributed by atoms with Crippen LogP contribution < -0.4 is 16.0 Å². The number of nitrogens with one attached hydrogen (secondary N) is 3. The Morgan fingerprint density at radius 1 is 1.32 bits per heavy atom. The van der Waals surface area contributed by atoms with Crippen LogP contribution in [0.2, 0.25) is 0 Å². The third kappa shape index (κ3) is 8.30. The number of guanidine groups is 1. The molecule has 28 heavy (non-hydrogen) atoms. The zero-order valence-corrected chi connectivity index (χ0v) is 19.5. The lowest BCUT2D eigenvalue weighted by atomic mass is 9.67. The van der Waals surface area contributed by atoms with Crippen molar-refractivity contribution in [3.8, 4) is 0 Å². The monoisotopic (exact) mass is 503 g/mol. The number of hydrogen-bond donors (Lipinski definition) is 3. The van der Waals surface area contributed by atoms with Gasteiger partial charge in [-0.25, -0.2) is 4.98 Å². The quantitative estimate of drug-likeness (QED) is 0.260. The number of pyridine rings is 1. The molecule has 7 nitrogen and oxygen atoms in total. The summed E-state index contributed by atoms with van der Waals surface area (Å²) in [5.41, 5.74) is 1.35. The molecule has 1 aromatic heterocycles. The Balaban J connectivity index is 0.00000392. The van der Waals surface area contributed by atoms with Gasteiger partial charge in [-0.05, 0) is 50.2 Å². The van der Waals surface area contributed by atoms with Crippen molar-refractivity contribution in [3.63, 3.8) is 0 Å². The van der Waals surface area contributed by atoms with E-state index in [9.17, 15) is 4.79 Å². The lowest BCUT2D eigenvalue weighted by molar-refractivity contribution is -0.116. The maximum Gasteiger partial charge on any atom is 0.227 e. The summed E-state index contributed by atoms with van der Waals surface area (Å²) in [7, 11) is 1.75. The van der Waals surface area contributed by atoms with Crippen LogP contribution >= 0.6 is 24.0 Å². The Labute approximate surface area is 185 Å². The number of methoxy groups -OCH3 is 1. The summed E-state index contributed by atoms with van der Waals surface area (Å²) in [4.78, 5) is 21.0. The van der Waals surface area contributed by atoms with Gasteiger partial charge in [-0.15, -0.1) is 24.0 Å². The van der Waals surface area contributed by atoms with Crippen molar-refractivity contribution in [2.75, 3.05) is 38.7 Å². The average Bonchev–Trinajstić information content (AvgIpc) is 2.62. The topological polar surface area (TPSA) is 87.6 Å². The number of carbonyl (C=O) groups is 1. The van der Waals surface area contributed by atoms with Gasteiger partial charge in [0, 0.05) is 46.0 Å². The molecule has 1 heterocycles. The number of ether oxygens (including phenoxy) is 1. The van der Waals surface area contributed by atoms with Gasteiger partial charge in [0.05, 0.1) is 0 Å². The Kier molecular flexibility index (Phi) is 11.4. The highest BCUT2D eigenvalue weighted by atomic mass is 127. The van der Waals surface area contributed by atoms with E-state index in [1.807, 2.05) is 26.0 Å². The van der Waals surface area contributed by atoms with E-state index in [-0.39, 0.29) is 35.3 Å². The number of aromatic nitrogens is 1. The smallest absolute Gasteiger partial charge is 0.227 e. The molecule has 158 valence electrons. The van der Waals surface area contributed by atoms with Crippen molar-refractivity contribution >= 4 is 41.7 Å². The molecule has 0 atom stereocenters. The van der Waals surface area contributed by atoms with Gasteiger partial charge in [-0.1, -0.05) is 12.5 Å². The van der Waals surface area contributed by atoms with Crippen LogP contribution in [0.4, 0.5) is 5.82 Å². The second kappa shape index (κ2) is 12.9. The fourth-order valence-corrected chi connectivity index (χ4v) is 3.11. The molecule has 0 spiro atoms. The minimum absolute atomic E-state index is 0. The van der Waals surface area contributed by atoms with Crippen molar-refractivity contribution in [2.45, 2.75) is 46.0 Å². The Hall–Kier alpha value is -1.42. The number of carbonyl (C=O) groups excluding carboxylic acids is 1. The van der Waals surface area contributed by atoms with Gasteiger partial charge in [0.2, 0.25) is 5.91 Å². The predicted molar refractivity (Wildman–Crippen MR) is 124 cm³/mol. The van der Waals surface area contributed by atoms with Crippen LogP contribution in [0.3, 0.4) is 0 Å². The third-order valence-electron chi connectivity index (χ3n) is 4.99. The molecule has 1 aliphatic rings. The molecule has 1 saturated carbocycles. The van der Waals surface area contributed by atoms with E-state index in [0.29, 0.717) is 18.8 Å². The standard InChI is InChI=1S/C20H33N5O2.HI/c1-4-21-19(24-15-20(9-5-10-20)11-13-27-3)22-12-8-18(26)25-17-7-6-16(2)14-23-17;/h6-7,14H,4-5,8-13,15H2,1-3H3,(H2,21,22,24)(H,23,25,26);1H. The minimum Gasteiger partial charge on any atom is -0.385 e. The summed E-state index contributed by atoms with van der Waals surface area (Å²) < 4.78 is 5.24. The van der Waals surface area contributed by atoms with Crippen LogP contribution in [-0.2, 0) is 9.53 Å². The summed E-state index contributed by atoms with van der Waals surface area (Å²) in [6.45, 7) is 6.90. The Morgan fingerprint density at radius 2 is 2.11 bits per heavy atom. The summed E-state index contributed by atoms with van der Waals surface area (Å²) in [5, 5.41) is 9.31. The zero-order chi connectivity index (χ0) is 19.5. The van der Waals surface area contributed by atoms with Crippen molar-refractivity contribution < 1.29 is 9.53 Å². The zero-order valence-electron chi connectivity index (χ0n) is 17.2. The van der Waals surface area contributed by atoms with Crippen molar-refractivity contribution in [3.05, 3.63) is 23.9 Å². The second-order valence-corrected chi connectivity index (χ2v) is 7.24. The molecule has 0 unspecified atom stereocenters. The first-order valence-electron chi connectivity index (χ1n) is 9.80. The van der Waals surface area contributed by atoms with E-state index in [1.54, 1.807) is 13.3 Å². The van der Waals surface area contributed by atoms with Crippen LogP contribution in [0, 0.1) is 12.3 Å². The third-order valence-corrected chi connectivity index (χ3v) is 4.99. The molecule has 0 bridgehead atoms. The number of aryl methyl sites for hydroxylation is 1. The molecular weight excluding hydrogens is 469 g/mol. The highest BCUT2D eigenvalue weighted by Gasteiger charge is 2.36. The molecule has 0 aromatic carbocycles. The van der Waals surface area contributed by atoms with Gasteiger partial charge < -0.3 is 20.7 Å². The van der Waals surface area contributed by atoms with Crippen LogP contribution in [-0.4, -0.2) is 50.2 Å². The second-order valence-electron chi connectivity index (χ2n) is 7.24. The van der Waals surface area contributed by atoms with Crippen molar-refractivity contribution in [1.29, 1.82) is 0 Å². The van der Waals surface area contributed by atoms with E-state index in [4.69, 9.17) is 9.73 Å². The number of hydrogen-bond acceptors (Lipinski definition) is 4. The molecule has 1 aliphatic carbocycles. The van der Waals surface area contributed by atoms with E-state index >= 15 is 0 Å². The first-order chi connectivity index (χ1) is 13.1. The van der Waals surface area contributed by atoms with E-state index < -0.39 is 0 Å². The minimum atomic E-state index is -0.0646. The Bertz CT molecular complexity index is 618. The average molecular weight is 503 g/mol. The first kappa shape index (κ1) is 24.6. The molecule has 1 aromatic rings. The number of nitrogens with zero attached hydrogens (tertiary/aromatic N) is 2. The molecule has 1 amide bonds. The lowest BCUT2D eigenvalue weighted by Gasteiger charge is -2.40. The molecule has 1 fully saturated rings. The molecule has 8 heteroatoms. The van der Waals surface area contributed by atoms with Crippen LogP contribution in [0.5, 0.6) is 0 Å². The van der Waals surface area contributed by atoms with Crippen LogP contribution in [0.25, 0.3) is 0 Å². The van der Waals surface area contributed by atoms with E-state index in [1.165, 1.54) is 19.3 Å². The van der Waals surface area contributed by atoms with Crippen molar-refractivity contribution in [2.24, 2.45) is 10.4 Å². The van der Waals surface area contributed by atoms with E-state index in [2.05, 4.69) is 20.9 Å². The van der Waals surface area contributed by atoms with Crippen LogP contribution in [0.15, 0.2) is 23.3 Å². The normalized spacial score (nSPS) is 15.2. The molecule has 3 N–H and O–H groups in total. The highest BCUT2D eigenvalue weighted by molar-refractivity contribution is 14.0. The van der Waals surface area contributed by atoms with Gasteiger partial charge in [-0.3, -0.25) is 9.79 Å². The fraction of sp³-hybridized carbons (Fsp3) is 0.650. The molecule has 0 saturated heterocycles. The number of halogens is 1. The number of amides is 1. The first-order valence-corrected chi connectivity index (χ1v) is 9.80. The van der Waals surface area contributed by atoms with Gasteiger partial charge >= 0.3 is 0 Å². The molecule has 0 radical (unpaired) electrons. The predicted octanol–water partition coefficient (Wildman–Crippen LogP) is 3.10. The SMILES string of the molecule is CCNC(=NCC1(CCOC)CCC1)NCCC(=O)Nc1ccc(C)cn1.I. The maximum absolute atomic E-state index is 12.1. The number of anilines is 1. The van der Waals surface area contributed by atoms with Gasteiger partial charge in [-0.2, -0.15) is 0 Å². The van der Waals surface area contributed by atoms with Gasteiger partial charge in [0.15, 0.2) is 5.96 Å². The highest BCUT2D eigenvalue weighted by Crippen LogP contribution is 2.44. The molecule has 2 rings (SSSR count). The summed E-state index contributed by atoms with van der Waals surface area (Å²) in [5.74, 6) is 1.28. The summed E-state index contributed by atoms with van der Waals surface area (Å²) in [6.07, 6.45) is 6.85. The summed E-state index contributed by atoms with van der Waals surface area (Å²) in [6, 6.07) is 3.74.